The van der Waals surface area contributed by atoms with Gasteiger partial charge in [0.2, 0.25) is 0 Å². The Balaban J connectivity index is -0.000000152. The normalized spacial score (nSPS) is 10.5. The van der Waals surface area contributed by atoms with E-state index in [1.54, 1.807) is 0 Å². The molecule has 0 saturated carbocycles. The summed E-state index contributed by atoms with van der Waals surface area (Å²) in [5.74, 6) is 0.949. The molecule has 0 saturated heterocycles. The second-order valence-corrected chi connectivity index (χ2v) is 3.66. The zero-order valence-corrected chi connectivity index (χ0v) is 11.8. The van der Waals surface area contributed by atoms with Gasteiger partial charge in [0, 0.05) is 0 Å². The molecule has 0 radical (unpaired) electrons. The summed E-state index contributed by atoms with van der Waals surface area (Å²) in [5.41, 5.74) is 0. The van der Waals surface area contributed by atoms with Crippen LogP contribution in [0, 0.1) is 5.92 Å². The van der Waals surface area contributed by atoms with Crippen LogP contribution in [0.3, 0.4) is 0 Å². The molecule has 0 N–H and O–H groups in total. The fraction of sp³-hybridized carbons (Fsp3) is 1.00. The van der Waals surface area contributed by atoms with Gasteiger partial charge in [-0.25, -0.2) is 0 Å². The van der Waals surface area contributed by atoms with Crippen LogP contribution in [-0.2, 0) is 0 Å². The highest BCUT2D eigenvalue weighted by Gasteiger charge is 1.92. The molecule has 0 aromatic carbocycles. The summed E-state index contributed by atoms with van der Waals surface area (Å²) < 4.78 is 0. The average molecular weight is 202 g/mol. The molecule has 0 fully saturated rings. The minimum Gasteiger partial charge on any atom is -0.0683 e. The topological polar surface area (TPSA) is 0 Å². The molecule has 0 heteroatoms. The highest BCUT2D eigenvalue weighted by molar-refractivity contribution is 4.45. The van der Waals surface area contributed by atoms with Crippen LogP contribution in [0.1, 0.15) is 87.0 Å². The van der Waals surface area contributed by atoms with Gasteiger partial charge in [0.15, 0.2) is 0 Å². The van der Waals surface area contributed by atoms with Crippen LogP contribution in [-0.4, -0.2) is 0 Å². The van der Waals surface area contributed by atoms with Crippen molar-refractivity contribution in [1.29, 1.82) is 0 Å². The van der Waals surface area contributed by atoms with Crippen molar-refractivity contribution in [2.75, 3.05) is 0 Å². The summed E-state index contributed by atoms with van der Waals surface area (Å²) in [4.78, 5) is 0. The standard InChI is InChI=1S/C7H16.C5H12.C2H6/c1-4-6-7(3)5-2;1-3-5-4-2;1-2/h7H,4-6H2,1-3H3;3-5H2,1-2H3;1-2H3. The van der Waals surface area contributed by atoms with E-state index in [1.165, 1.54) is 38.5 Å². The predicted octanol–water partition coefficient (Wildman–Crippen LogP) is 6.06. The summed E-state index contributed by atoms with van der Waals surface area (Å²) in [6, 6.07) is 0. The van der Waals surface area contributed by atoms with E-state index in [-0.39, 0.29) is 0 Å². The maximum atomic E-state index is 2.31. The van der Waals surface area contributed by atoms with Gasteiger partial charge < -0.3 is 0 Å². The Morgan fingerprint density at radius 1 is 0.786 bits per heavy atom. The molecule has 0 aliphatic carbocycles. The van der Waals surface area contributed by atoms with Crippen LogP contribution >= 0.6 is 0 Å². The lowest BCUT2D eigenvalue weighted by atomic mass is 10.0. The van der Waals surface area contributed by atoms with Gasteiger partial charge in [0.05, 0.1) is 0 Å². The van der Waals surface area contributed by atoms with Crippen molar-refractivity contribution in [2.24, 2.45) is 5.92 Å². The Morgan fingerprint density at radius 3 is 1.29 bits per heavy atom. The van der Waals surface area contributed by atoms with Gasteiger partial charge in [-0.2, -0.15) is 0 Å². The molecule has 0 amide bonds. The van der Waals surface area contributed by atoms with E-state index in [4.69, 9.17) is 0 Å². The van der Waals surface area contributed by atoms with E-state index >= 15 is 0 Å². The summed E-state index contributed by atoms with van der Waals surface area (Å²) >= 11 is 0. The van der Waals surface area contributed by atoms with Crippen molar-refractivity contribution in [3.05, 3.63) is 0 Å². The van der Waals surface area contributed by atoms with Crippen molar-refractivity contribution in [2.45, 2.75) is 87.0 Å². The van der Waals surface area contributed by atoms with Crippen molar-refractivity contribution < 1.29 is 0 Å². The van der Waals surface area contributed by atoms with Crippen LogP contribution in [0.15, 0.2) is 0 Å². The van der Waals surface area contributed by atoms with E-state index < -0.39 is 0 Å². The first-order valence-electron chi connectivity index (χ1n) is 6.72. The first kappa shape index (κ1) is 19.6. The molecule has 0 aromatic rings. The summed E-state index contributed by atoms with van der Waals surface area (Å²) in [7, 11) is 0. The maximum Gasteiger partial charge on any atom is -0.0446 e. The number of hydrogen-bond acceptors (Lipinski definition) is 0. The third kappa shape index (κ3) is 29.6. The van der Waals surface area contributed by atoms with Crippen LogP contribution in [0.4, 0.5) is 0 Å². The highest BCUT2D eigenvalue weighted by Crippen LogP contribution is 2.07. The van der Waals surface area contributed by atoms with Crippen LogP contribution < -0.4 is 0 Å². The lowest BCUT2D eigenvalue weighted by Crippen LogP contribution is -1.88. The zero-order valence-electron chi connectivity index (χ0n) is 11.8. The van der Waals surface area contributed by atoms with Crippen LogP contribution in [0.5, 0.6) is 0 Å². The molecule has 0 spiro atoms. The van der Waals surface area contributed by atoms with E-state index in [2.05, 4.69) is 34.6 Å². The summed E-state index contributed by atoms with van der Waals surface area (Å²) in [5, 5.41) is 0. The molecule has 0 aromatic heterocycles. The van der Waals surface area contributed by atoms with Gasteiger partial charge in [-0.05, 0) is 5.92 Å². The highest BCUT2D eigenvalue weighted by atomic mass is 14.0. The van der Waals surface area contributed by atoms with Gasteiger partial charge in [-0.1, -0.05) is 87.0 Å². The Bertz CT molecular complexity index is 55.1. The SMILES string of the molecule is CC.CCCC(C)CC.CCCCC. The van der Waals surface area contributed by atoms with Gasteiger partial charge in [-0.3, -0.25) is 0 Å². The minimum absolute atomic E-state index is 0.949. The molecular weight excluding hydrogens is 168 g/mol. The predicted molar refractivity (Wildman–Crippen MR) is 70.9 cm³/mol. The smallest absolute Gasteiger partial charge is 0.0446 e. The Kier molecular flexibility index (Phi) is 32.3. The number of unbranched alkanes of at least 4 members (excludes halogenated alkanes) is 2. The van der Waals surface area contributed by atoms with E-state index in [0.717, 1.165) is 5.92 Å². The van der Waals surface area contributed by atoms with E-state index in [1.807, 2.05) is 13.8 Å². The quantitative estimate of drug-likeness (QED) is 0.508. The molecule has 0 aliphatic rings. The van der Waals surface area contributed by atoms with Crippen molar-refractivity contribution in [3.8, 4) is 0 Å². The molecule has 0 nitrogen and oxygen atoms in total. The lowest BCUT2D eigenvalue weighted by Gasteiger charge is -2.02. The average Bonchev–Trinajstić information content (AvgIpc) is 2.23. The van der Waals surface area contributed by atoms with Crippen molar-refractivity contribution in [1.82, 2.24) is 0 Å². The molecule has 1 unspecified atom stereocenters. The molecule has 0 aliphatic heterocycles. The first-order chi connectivity index (χ1) is 6.72. The third-order valence-electron chi connectivity index (χ3n) is 2.19. The zero-order chi connectivity index (χ0) is 11.8. The van der Waals surface area contributed by atoms with Gasteiger partial charge >= 0.3 is 0 Å². The molecular formula is C14H34. The summed E-state index contributed by atoms with van der Waals surface area (Å²) in [6.07, 6.45) is 8.16. The fourth-order valence-electron chi connectivity index (χ4n) is 1.05. The van der Waals surface area contributed by atoms with Crippen molar-refractivity contribution in [3.63, 3.8) is 0 Å². The Morgan fingerprint density at radius 2 is 1.21 bits per heavy atom. The van der Waals surface area contributed by atoms with Crippen LogP contribution in [0.2, 0.25) is 0 Å². The monoisotopic (exact) mass is 202 g/mol. The first-order valence-corrected chi connectivity index (χ1v) is 6.72. The molecule has 0 rings (SSSR count). The molecule has 0 heterocycles. The van der Waals surface area contributed by atoms with Gasteiger partial charge in [0.25, 0.3) is 0 Å². The number of rotatable bonds is 5. The number of hydrogen-bond donors (Lipinski definition) is 0. The van der Waals surface area contributed by atoms with E-state index in [9.17, 15) is 0 Å². The molecule has 14 heavy (non-hydrogen) atoms. The second kappa shape index (κ2) is 23.1. The molecule has 0 bridgehead atoms. The van der Waals surface area contributed by atoms with Gasteiger partial charge in [0.1, 0.15) is 0 Å². The molecule has 1 atom stereocenters. The largest absolute Gasteiger partial charge is 0.0683 e. The van der Waals surface area contributed by atoms with Crippen LogP contribution in [0.25, 0.3) is 0 Å². The van der Waals surface area contributed by atoms with Gasteiger partial charge in [-0.15, -0.1) is 0 Å². The Hall–Kier alpha value is 0. The second-order valence-electron chi connectivity index (χ2n) is 3.66. The lowest BCUT2D eigenvalue weighted by molar-refractivity contribution is 0.509. The Labute approximate surface area is 93.5 Å². The van der Waals surface area contributed by atoms with Crippen molar-refractivity contribution >= 4 is 0 Å². The minimum atomic E-state index is 0.949. The third-order valence-corrected chi connectivity index (χ3v) is 2.19. The summed E-state index contributed by atoms with van der Waals surface area (Å²) in [6.45, 7) is 15.2. The molecule has 90 valence electrons. The fourth-order valence-corrected chi connectivity index (χ4v) is 1.05. The van der Waals surface area contributed by atoms with E-state index in [0.29, 0.717) is 0 Å². The maximum absolute atomic E-state index is 2.31.